The number of thiol groups is 1. The van der Waals surface area contributed by atoms with Crippen LogP contribution in [-0.4, -0.2) is 5.11 Å². The highest BCUT2D eigenvalue weighted by atomic mass is 32.1. The van der Waals surface area contributed by atoms with Gasteiger partial charge in [-0.05, 0) is 23.0 Å². The second kappa shape index (κ2) is 5.87. The molecular formula is C14H21FOS. The van der Waals surface area contributed by atoms with E-state index in [4.69, 9.17) is 0 Å². The number of halogens is 1. The third kappa shape index (κ3) is 2.83. The number of hydrogen-bond donors (Lipinski definition) is 2. The van der Waals surface area contributed by atoms with Gasteiger partial charge in [0, 0.05) is 16.9 Å². The largest absolute Gasteiger partial charge is 0.392 e. The van der Waals surface area contributed by atoms with Crippen LogP contribution in [0.4, 0.5) is 4.39 Å². The molecule has 0 spiro atoms. The molecular weight excluding hydrogens is 235 g/mol. The van der Waals surface area contributed by atoms with Gasteiger partial charge in [0.15, 0.2) is 0 Å². The number of aliphatic hydroxyl groups is 1. The van der Waals surface area contributed by atoms with Gasteiger partial charge in [-0.25, -0.2) is 4.39 Å². The second-order valence-electron chi connectivity index (χ2n) is 4.95. The van der Waals surface area contributed by atoms with Gasteiger partial charge in [0.25, 0.3) is 0 Å². The molecule has 0 aromatic heterocycles. The van der Waals surface area contributed by atoms with Crippen molar-refractivity contribution in [3.8, 4) is 0 Å². The standard InChI is InChI=1S/C14H21FOS/c1-8(2)10-5-11(9(3)4)13(7-17)14(15)12(10)6-16/h5,8-9,16-17H,6-7H2,1-4H3. The van der Waals surface area contributed by atoms with Crippen LogP contribution in [0.25, 0.3) is 0 Å². The van der Waals surface area contributed by atoms with Crippen molar-refractivity contribution in [1.82, 2.24) is 0 Å². The lowest BCUT2D eigenvalue weighted by atomic mass is 9.88. The molecule has 0 saturated heterocycles. The van der Waals surface area contributed by atoms with Gasteiger partial charge in [-0.15, -0.1) is 0 Å². The van der Waals surface area contributed by atoms with Gasteiger partial charge in [0.1, 0.15) is 5.82 Å². The van der Waals surface area contributed by atoms with Crippen LogP contribution >= 0.6 is 12.6 Å². The third-order valence-corrected chi connectivity index (χ3v) is 3.41. The molecule has 0 unspecified atom stereocenters. The highest BCUT2D eigenvalue weighted by molar-refractivity contribution is 7.79. The number of rotatable bonds is 4. The molecule has 1 rings (SSSR count). The average molecular weight is 256 g/mol. The first-order valence-electron chi connectivity index (χ1n) is 5.99. The minimum absolute atomic E-state index is 0.207. The van der Waals surface area contributed by atoms with Crippen LogP contribution in [0, 0.1) is 5.82 Å². The van der Waals surface area contributed by atoms with Gasteiger partial charge < -0.3 is 5.11 Å². The molecule has 0 aliphatic rings. The van der Waals surface area contributed by atoms with E-state index in [1.54, 1.807) is 0 Å². The Morgan fingerprint density at radius 1 is 1.12 bits per heavy atom. The predicted molar refractivity (Wildman–Crippen MR) is 73.2 cm³/mol. The molecule has 0 heterocycles. The Labute approximate surface area is 108 Å². The summed E-state index contributed by atoms with van der Waals surface area (Å²) in [6.45, 7) is 7.87. The lowest BCUT2D eigenvalue weighted by molar-refractivity contribution is 0.273. The van der Waals surface area contributed by atoms with Crippen molar-refractivity contribution in [2.24, 2.45) is 0 Å². The monoisotopic (exact) mass is 256 g/mol. The fraction of sp³-hybridized carbons (Fsp3) is 0.571. The van der Waals surface area contributed by atoms with Gasteiger partial charge in [0.2, 0.25) is 0 Å². The van der Waals surface area contributed by atoms with E-state index in [9.17, 15) is 9.50 Å². The number of benzene rings is 1. The normalized spacial score (nSPS) is 11.6. The molecule has 0 amide bonds. The van der Waals surface area contributed by atoms with Crippen LogP contribution in [0.2, 0.25) is 0 Å². The van der Waals surface area contributed by atoms with E-state index in [1.165, 1.54) is 0 Å². The van der Waals surface area contributed by atoms with E-state index < -0.39 is 0 Å². The van der Waals surface area contributed by atoms with Crippen molar-refractivity contribution in [3.63, 3.8) is 0 Å². The Morgan fingerprint density at radius 2 is 1.59 bits per heavy atom. The third-order valence-electron chi connectivity index (χ3n) is 3.10. The fourth-order valence-corrected chi connectivity index (χ4v) is 2.45. The number of hydrogen-bond acceptors (Lipinski definition) is 2. The summed E-state index contributed by atoms with van der Waals surface area (Å²) in [6, 6.07) is 2.02. The molecule has 1 N–H and O–H groups in total. The summed E-state index contributed by atoms with van der Waals surface area (Å²) >= 11 is 4.19. The first kappa shape index (κ1) is 14.5. The molecule has 0 radical (unpaired) electrons. The zero-order valence-electron chi connectivity index (χ0n) is 10.9. The van der Waals surface area contributed by atoms with Crippen molar-refractivity contribution in [2.75, 3.05) is 0 Å². The maximum atomic E-state index is 14.3. The molecule has 0 fully saturated rings. The summed E-state index contributed by atoms with van der Waals surface area (Å²) < 4.78 is 14.3. The van der Waals surface area contributed by atoms with Crippen molar-refractivity contribution < 1.29 is 9.50 Å². The summed E-state index contributed by atoms with van der Waals surface area (Å²) in [7, 11) is 0. The van der Waals surface area contributed by atoms with Crippen molar-refractivity contribution in [1.29, 1.82) is 0 Å². The summed E-state index contributed by atoms with van der Waals surface area (Å²) in [5, 5.41) is 9.33. The lowest BCUT2D eigenvalue weighted by Gasteiger charge is -2.20. The molecule has 1 nitrogen and oxygen atoms in total. The molecule has 0 atom stereocenters. The quantitative estimate of drug-likeness (QED) is 0.780. The van der Waals surface area contributed by atoms with E-state index >= 15 is 0 Å². The predicted octanol–water partition coefficient (Wildman–Crippen LogP) is 3.99. The van der Waals surface area contributed by atoms with E-state index in [0.717, 1.165) is 11.1 Å². The Hall–Kier alpha value is -0.540. The Morgan fingerprint density at radius 3 is 1.94 bits per heavy atom. The van der Waals surface area contributed by atoms with Gasteiger partial charge in [0.05, 0.1) is 6.61 Å². The minimum atomic E-state index is -0.280. The first-order chi connectivity index (χ1) is 7.93. The van der Waals surface area contributed by atoms with Gasteiger partial charge in [-0.2, -0.15) is 12.6 Å². The van der Waals surface area contributed by atoms with E-state index in [1.807, 2.05) is 33.8 Å². The van der Waals surface area contributed by atoms with Crippen LogP contribution in [0.15, 0.2) is 6.07 Å². The molecule has 17 heavy (non-hydrogen) atoms. The summed E-state index contributed by atoms with van der Waals surface area (Å²) in [4.78, 5) is 0. The topological polar surface area (TPSA) is 20.2 Å². The highest BCUT2D eigenvalue weighted by Crippen LogP contribution is 2.32. The molecule has 0 aliphatic carbocycles. The molecule has 3 heteroatoms. The van der Waals surface area contributed by atoms with Crippen LogP contribution in [-0.2, 0) is 12.4 Å². The van der Waals surface area contributed by atoms with Gasteiger partial charge in [-0.3, -0.25) is 0 Å². The summed E-state index contributed by atoms with van der Waals surface area (Å²) in [5.74, 6) is 0.553. The first-order valence-corrected chi connectivity index (χ1v) is 6.63. The Bertz CT molecular complexity index is 365. The van der Waals surface area contributed by atoms with Crippen molar-refractivity contribution in [2.45, 2.75) is 51.9 Å². The zero-order chi connectivity index (χ0) is 13.2. The van der Waals surface area contributed by atoms with Crippen LogP contribution in [0.3, 0.4) is 0 Å². The maximum Gasteiger partial charge on any atom is 0.133 e. The average Bonchev–Trinajstić information content (AvgIpc) is 2.27. The van der Waals surface area contributed by atoms with Gasteiger partial charge in [-0.1, -0.05) is 33.8 Å². The lowest BCUT2D eigenvalue weighted by Crippen LogP contribution is -2.08. The Kier molecular flexibility index (Phi) is 5.02. The maximum absolute atomic E-state index is 14.3. The fourth-order valence-electron chi connectivity index (χ4n) is 2.13. The number of aliphatic hydroxyl groups excluding tert-OH is 1. The SMILES string of the molecule is CC(C)c1cc(C(C)C)c(CS)c(F)c1CO. The van der Waals surface area contributed by atoms with Crippen molar-refractivity contribution in [3.05, 3.63) is 34.1 Å². The van der Waals surface area contributed by atoms with E-state index in [0.29, 0.717) is 16.9 Å². The van der Waals surface area contributed by atoms with Crippen LogP contribution in [0.5, 0.6) is 0 Å². The molecule has 96 valence electrons. The van der Waals surface area contributed by atoms with Crippen molar-refractivity contribution >= 4 is 12.6 Å². The summed E-state index contributed by atoms with van der Waals surface area (Å²) in [5.41, 5.74) is 2.95. The smallest absolute Gasteiger partial charge is 0.133 e. The molecule has 1 aromatic rings. The molecule has 0 aliphatic heterocycles. The zero-order valence-corrected chi connectivity index (χ0v) is 11.8. The van der Waals surface area contributed by atoms with Crippen LogP contribution in [0.1, 0.15) is 61.8 Å². The highest BCUT2D eigenvalue weighted by Gasteiger charge is 2.19. The van der Waals surface area contributed by atoms with E-state index in [-0.39, 0.29) is 24.3 Å². The van der Waals surface area contributed by atoms with Crippen LogP contribution < -0.4 is 0 Å². The second-order valence-corrected chi connectivity index (χ2v) is 5.27. The van der Waals surface area contributed by atoms with Gasteiger partial charge >= 0.3 is 0 Å². The summed E-state index contributed by atoms with van der Waals surface area (Å²) in [6.07, 6.45) is 0. The Balaban J connectivity index is 3.54. The minimum Gasteiger partial charge on any atom is -0.392 e. The van der Waals surface area contributed by atoms with E-state index in [2.05, 4.69) is 12.6 Å². The molecule has 0 bridgehead atoms. The molecule has 1 aromatic carbocycles. The molecule has 0 saturated carbocycles.